The molecule has 2 aromatic rings. The fraction of sp³-hybridized carbons (Fsp3) is 0.182. The van der Waals surface area contributed by atoms with Crippen molar-refractivity contribution in [1.82, 2.24) is 10.1 Å². The Morgan fingerprint density at radius 1 is 1.33 bits per heavy atom. The summed E-state index contributed by atoms with van der Waals surface area (Å²) in [5.74, 6) is -1.33. The first-order valence-corrected chi connectivity index (χ1v) is 5.13. The van der Waals surface area contributed by atoms with Gasteiger partial charge in [-0.15, -0.1) is 0 Å². The summed E-state index contributed by atoms with van der Waals surface area (Å²) in [5, 5.41) is 31.1. The molecule has 0 amide bonds. The molecule has 0 saturated carbocycles. The maximum Gasteiger partial charge on any atom is 0.303 e. The van der Waals surface area contributed by atoms with E-state index in [1.807, 2.05) is 0 Å². The normalized spacial score (nSPS) is 10.4. The third-order valence-corrected chi connectivity index (χ3v) is 2.28. The molecule has 0 fully saturated rings. The monoisotopic (exact) mass is 250 g/mol. The molecule has 0 atom stereocenters. The van der Waals surface area contributed by atoms with E-state index in [0.29, 0.717) is 0 Å². The van der Waals surface area contributed by atoms with Crippen molar-refractivity contribution in [2.24, 2.45) is 0 Å². The smallest absolute Gasteiger partial charge is 0.303 e. The minimum atomic E-state index is -0.963. The highest BCUT2D eigenvalue weighted by Crippen LogP contribution is 2.34. The summed E-state index contributed by atoms with van der Waals surface area (Å²) in [4.78, 5) is 14.3. The molecule has 2 rings (SSSR count). The Morgan fingerprint density at radius 3 is 2.83 bits per heavy atom. The lowest BCUT2D eigenvalue weighted by Crippen LogP contribution is -1.97. The molecule has 1 aromatic heterocycles. The SMILES string of the molecule is O=C(O)CCc1nc(-c2cccc(O)c2O)no1. The van der Waals surface area contributed by atoms with E-state index < -0.39 is 5.97 Å². The van der Waals surface area contributed by atoms with Gasteiger partial charge in [0, 0.05) is 6.42 Å². The number of aromatic nitrogens is 2. The van der Waals surface area contributed by atoms with Crippen LogP contribution in [0.2, 0.25) is 0 Å². The summed E-state index contributed by atoms with van der Waals surface area (Å²) in [6.07, 6.45) is -0.00440. The van der Waals surface area contributed by atoms with E-state index in [9.17, 15) is 15.0 Å². The van der Waals surface area contributed by atoms with Crippen molar-refractivity contribution in [3.8, 4) is 22.9 Å². The van der Waals surface area contributed by atoms with Gasteiger partial charge in [-0.05, 0) is 12.1 Å². The molecule has 0 aliphatic rings. The van der Waals surface area contributed by atoms with Gasteiger partial charge in [0.15, 0.2) is 11.5 Å². The number of hydrogen-bond donors (Lipinski definition) is 3. The Morgan fingerprint density at radius 2 is 2.11 bits per heavy atom. The number of phenolic OH excluding ortho intramolecular Hbond substituents is 2. The van der Waals surface area contributed by atoms with Gasteiger partial charge in [0.25, 0.3) is 0 Å². The van der Waals surface area contributed by atoms with Crippen LogP contribution in [0.3, 0.4) is 0 Å². The van der Waals surface area contributed by atoms with Gasteiger partial charge < -0.3 is 19.8 Å². The molecule has 0 saturated heterocycles. The summed E-state index contributed by atoms with van der Waals surface area (Å²) in [7, 11) is 0. The molecule has 0 bridgehead atoms. The Balaban J connectivity index is 2.24. The topological polar surface area (TPSA) is 117 Å². The second-order valence-electron chi connectivity index (χ2n) is 3.58. The standard InChI is InChI=1S/C11H10N2O5/c14-7-3-1-2-6(10(7)17)11-12-8(18-13-11)4-5-9(15)16/h1-3,14,17H,4-5H2,(H,15,16). The van der Waals surface area contributed by atoms with Crippen LogP contribution in [0, 0.1) is 0 Å². The highest BCUT2D eigenvalue weighted by atomic mass is 16.5. The van der Waals surface area contributed by atoms with Crippen LogP contribution in [0.4, 0.5) is 0 Å². The van der Waals surface area contributed by atoms with Gasteiger partial charge in [-0.3, -0.25) is 4.79 Å². The molecule has 94 valence electrons. The van der Waals surface area contributed by atoms with Crippen LogP contribution in [0.25, 0.3) is 11.4 Å². The molecule has 0 radical (unpaired) electrons. The molecule has 0 spiro atoms. The van der Waals surface area contributed by atoms with E-state index in [4.69, 9.17) is 9.63 Å². The summed E-state index contributed by atoms with van der Waals surface area (Å²) >= 11 is 0. The van der Waals surface area contributed by atoms with Crippen molar-refractivity contribution in [2.45, 2.75) is 12.8 Å². The summed E-state index contributed by atoms with van der Waals surface area (Å²) in [6.45, 7) is 0. The van der Waals surface area contributed by atoms with Gasteiger partial charge >= 0.3 is 5.97 Å². The number of hydrogen-bond acceptors (Lipinski definition) is 6. The maximum absolute atomic E-state index is 10.4. The molecule has 1 aromatic carbocycles. The zero-order valence-electron chi connectivity index (χ0n) is 9.20. The largest absolute Gasteiger partial charge is 0.504 e. The number of benzene rings is 1. The molecule has 0 unspecified atom stereocenters. The maximum atomic E-state index is 10.4. The Bertz CT molecular complexity index is 579. The average molecular weight is 250 g/mol. The van der Waals surface area contributed by atoms with E-state index in [-0.39, 0.29) is 41.6 Å². The fourth-order valence-electron chi connectivity index (χ4n) is 1.39. The second-order valence-corrected chi connectivity index (χ2v) is 3.58. The Labute approximate surface area is 101 Å². The molecule has 7 nitrogen and oxygen atoms in total. The van der Waals surface area contributed by atoms with Crippen LogP contribution in [0.5, 0.6) is 11.5 Å². The highest BCUT2D eigenvalue weighted by Gasteiger charge is 2.15. The quantitative estimate of drug-likeness (QED) is 0.697. The first-order chi connectivity index (χ1) is 8.58. The van der Waals surface area contributed by atoms with Crippen LogP contribution in [-0.2, 0) is 11.2 Å². The third kappa shape index (κ3) is 2.40. The number of aromatic hydroxyl groups is 2. The van der Waals surface area contributed by atoms with Gasteiger partial charge in [0.2, 0.25) is 11.7 Å². The van der Waals surface area contributed by atoms with Gasteiger partial charge in [-0.2, -0.15) is 4.98 Å². The summed E-state index contributed by atoms with van der Waals surface area (Å²) in [5.41, 5.74) is 0.223. The van der Waals surface area contributed by atoms with Crippen molar-refractivity contribution in [3.63, 3.8) is 0 Å². The predicted molar refractivity (Wildman–Crippen MR) is 59.0 cm³/mol. The van der Waals surface area contributed by atoms with Crippen molar-refractivity contribution >= 4 is 5.97 Å². The number of carbonyl (C=O) groups is 1. The highest BCUT2D eigenvalue weighted by molar-refractivity contribution is 5.68. The first-order valence-electron chi connectivity index (χ1n) is 5.13. The molecule has 18 heavy (non-hydrogen) atoms. The van der Waals surface area contributed by atoms with Crippen LogP contribution < -0.4 is 0 Å². The van der Waals surface area contributed by atoms with E-state index in [2.05, 4.69) is 10.1 Å². The minimum Gasteiger partial charge on any atom is -0.504 e. The minimum absolute atomic E-state index is 0.101. The second kappa shape index (κ2) is 4.74. The zero-order valence-corrected chi connectivity index (χ0v) is 9.20. The third-order valence-electron chi connectivity index (χ3n) is 2.28. The molecular weight excluding hydrogens is 240 g/mol. The molecule has 3 N–H and O–H groups in total. The van der Waals surface area contributed by atoms with Crippen molar-refractivity contribution in [1.29, 1.82) is 0 Å². The van der Waals surface area contributed by atoms with Crippen molar-refractivity contribution in [2.75, 3.05) is 0 Å². The number of para-hydroxylation sites is 1. The van der Waals surface area contributed by atoms with Crippen LogP contribution >= 0.6 is 0 Å². The summed E-state index contributed by atoms with van der Waals surface area (Å²) in [6, 6.07) is 4.36. The van der Waals surface area contributed by atoms with E-state index >= 15 is 0 Å². The van der Waals surface area contributed by atoms with Gasteiger partial charge in [-0.25, -0.2) is 0 Å². The average Bonchev–Trinajstić information content (AvgIpc) is 2.78. The Kier molecular flexibility index (Phi) is 3.13. The number of carboxylic acid groups (broad SMARTS) is 1. The number of aliphatic carboxylic acids is 1. The lowest BCUT2D eigenvalue weighted by molar-refractivity contribution is -0.137. The molecule has 7 heteroatoms. The van der Waals surface area contributed by atoms with E-state index in [1.54, 1.807) is 0 Å². The predicted octanol–water partition coefficient (Wildman–Crippen LogP) is 1.16. The van der Waals surface area contributed by atoms with Crippen LogP contribution in [0.15, 0.2) is 22.7 Å². The lowest BCUT2D eigenvalue weighted by atomic mass is 10.2. The van der Waals surface area contributed by atoms with Crippen molar-refractivity contribution < 1.29 is 24.6 Å². The lowest BCUT2D eigenvalue weighted by Gasteiger charge is -2.00. The van der Waals surface area contributed by atoms with Crippen LogP contribution in [-0.4, -0.2) is 31.4 Å². The number of phenols is 2. The Hall–Kier alpha value is -2.57. The zero-order chi connectivity index (χ0) is 13.1. The van der Waals surface area contributed by atoms with Gasteiger partial charge in [0.1, 0.15) is 0 Å². The summed E-state index contributed by atoms with van der Waals surface area (Å²) < 4.78 is 4.85. The number of aryl methyl sites for hydroxylation is 1. The number of carboxylic acids is 1. The van der Waals surface area contributed by atoms with E-state index in [1.165, 1.54) is 18.2 Å². The van der Waals surface area contributed by atoms with Gasteiger partial charge in [0.05, 0.1) is 12.0 Å². The molecule has 0 aliphatic heterocycles. The van der Waals surface area contributed by atoms with Gasteiger partial charge in [-0.1, -0.05) is 11.2 Å². The van der Waals surface area contributed by atoms with Crippen LogP contribution in [0.1, 0.15) is 12.3 Å². The van der Waals surface area contributed by atoms with E-state index in [0.717, 1.165) is 0 Å². The van der Waals surface area contributed by atoms with Crippen molar-refractivity contribution in [3.05, 3.63) is 24.1 Å². The number of nitrogens with zero attached hydrogens (tertiary/aromatic N) is 2. The molecule has 1 heterocycles. The molecule has 0 aliphatic carbocycles. The number of rotatable bonds is 4. The molecular formula is C11H10N2O5. The fourth-order valence-corrected chi connectivity index (χ4v) is 1.39. The first kappa shape index (κ1) is 11.9.